The van der Waals surface area contributed by atoms with Crippen molar-refractivity contribution in [1.29, 1.82) is 0 Å². The maximum Gasteiger partial charge on any atom is 0.267 e. The lowest BCUT2D eigenvalue weighted by Crippen LogP contribution is -2.31. The van der Waals surface area contributed by atoms with Gasteiger partial charge in [-0.25, -0.2) is 8.57 Å². The summed E-state index contributed by atoms with van der Waals surface area (Å²) in [4.78, 5) is 0. The molecular formula is C7H13FO3S. The number of halogens is 1. The summed E-state index contributed by atoms with van der Waals surface area (Å²) in [6, 6.07) is 0. The zero-order valence-electron chi connectivity index (χ0n) is 7.05. The smallest absolute Gasteiger partial charge is 0.230 e. The Bertz CT molecular complexity index is 241. The van der Waals surface area contributed by atoms with E-state index in [1.165, 1.54) is 0 Å². The molecule has 0 saturated heterocycles. The second-order valence-electron chi connectivity index (χ2n) is 3.23. The van der Waals surface area contributed by atoms with Gasteiger partial charge in [0.2, 0.25) is 5.85 Å². The Morgan fingerprint density at radius 3 is 2.17 bits per heavy atom. The second-order valence-corrected chi connectivity index (χ2v) is 4.81. The quantitative estimate of drug-likeness (QED) is 0.630. The molecule has 0 N–H and O–H groups in total. The summed E-state index contributed by atoms with van der Waals surface area (Å²) in [5.41, 5.74) is 0. The Balaban J connectivity index is 2.59. The Morgan fingerprint density at radius 2 is 1.75 bits per heavy atom. The molecule has 0 aromatic heterocycles. The molecule has 5 heteroatoms. The van der Waals surface area contributed by atoms with Crippen LogP contribution in [0.1, 0.15) is 32.1 Å². The number of hydrogen-bond acceptors (Lipinski definition) is 3. The zero-order chi connectivity index (χ0) is 9.24. The Morgan fingerprint density at radius 1 is 1.25 bits per heavy atom. The summed E-state index contributed by atoms with van der Waals surface area (Å²) in [5, 5.41) is 0. The van der Waals surface area contributed by atoms with Crippen LogP contribution in [0.2, 0.25) is 0 Å². The van der Waals surface area contributed by atoms with Crippen LogP contribution in [0.3, 0.4) is 0 Å². The predicted molar refractivity (Wildman–Crippen MR) is 42.9 cm³/mol. The van der Waals surface area contributed by atoms with E-state index >= 15 is 0 Å². The van der Waals surface area contributed by atoms with Gasteiger partial charge in [-0.05, 0) is 12.8 Å². The highest BCUT2D eigenvalue weighted by Crippen LogP contribution is 2.33. The van der Waals surface area contributed by atoms with Crippen molar-refractivity contribution < 1.29 is 17.0 Å². The molecule has 0 radical (unpaired) electrons. The molecule has 0 aromatic carbocycles. The van der Waals surface area contributed by atoms with E-state index in [1.807, 2.05) is 0 Å². The van der Waals surface area contributed by atoms with Crippen molar-refractivity contribution in [2.24, 2.45) is 0 Å². The van der Waals surface area contributed by atoms with Crippen LogP contribution in [0.5, 0.6) is 0 Å². The molecule has 1 saturated carbocycles. The van der Waals surface area contributed by atoms with Crippen LogP contribution in [0, 0.1) is 0 Å². The minimum absolute atomic E-state index is 0.195. The lowest BCUT2D eigenvalue weighted by Gasteiger charge is -2.27. The van der Waals surface area contributed by atoms with Gasteiger partial charge in [-0.3, -0.25) is 0 Å². The molecule has 0 amide bonds. The van der Waals surface area contributed by atoms with Crippen molar-refractivity contribution in [3.63, 3.8) is 0 Å². The molecule has 3 nitrogen and oxygen atoms in total. The van der Waals surface area contributed by atoms with Crippen molar-refractivity contribution in [3.05, 3.63) is 0 Å². The third kappa shape index (κ3) is 3.06. The van der Waals surface area contributed by atoms with E-state index in [0.717, 1.165) is 12.7 Å². The van der Waals surface area contributed by atoms with Gasteiger partial charge in [0.05, 0.1) is 6.26 Å². The fourth-order valence-corrected chi connectivity index (χ4v) is 2.14. The topological polar surface area (TPSA) is 43.4 Å². The van der Waals surface area contributed by atoms with Gasteiger partial charge in [-0.15, -0.1) is 0 Å². The van der Waals surface area contributed by atoms with Crippen LogP contribution in [0.15, 0.2) is 0 Å². The summed E-state index contributed by atoms with van der Waals surface area (Å²) in [7, 11) is -3.66. The predicted octanol–water partition coefficient (Wildman–Crippen LogP) is 1.59. The monoisotopic (exact) mass is 196 g/mol. The summed E-state index contributed by atoms with van der Waals surface area (Å²) in [5.74, 6) is -1.92. The SMILES string of the molecule is CS(=O)(=O)OC1(F)CCCCC1. The summed E-state index contributed by atoms with van der Waals surface area (Å²) >= 11 is 0. The van der Waals surface area contributed by atoms with E-state index in [4.69, 9.17) is 0 Å². The third-order valence-corrected chi connectivity index (χ3v) is 2.50. The maximum atomic E-state index is 13.5. The van der Waals surface area contributed by atoms with Crippen molar-refractivity contribution in [3.8, 4) is 0 Å². The maximum absolute atomic E-state index is 13.5. The van der Waals surface area contributed by atoms with Gasteiger partial charge in [-0.1, -0.05) is 6.42 Å². The molecule has 1 aliphatic carbocycles. The first-order chi connectivity index (χ1) is 5.41. The fourth-order valence-electron chi connectivity index (χ4n) is 1.43. The minimum atomic E-state index is -3.66. The average molecular weight is 196 g/mol. The third-order valence-electron chi connectivity index (χ3n) is 1.90. The molecular weight excluding hydrogens is 183 g/mol. The van der Waals surface area contributed by atoms with Crippen molar-refractivity contribution in [2.45, 2.75) is 38.0 Å². The molecule has 0 atom stereocenters. The van der Waals surface area contributed by atoms with E-state index in [1.54, 1.807) is 0 Å². The summed E-state index contributed by atoms with van der Waals surface area (Å²) in [6.45, 7) is 0. The first-order valence-electron chi connectivity index (χ1n) is 4.01. The second kappa shape index (κ2) is 3.30. The van der Waals surface area contributed by atoms with Crippen molar-refractivity contribution >= 4 is 10.1 Å². The van der Waals surface area contributed by atoms with Crippen molar-refractivity contribution in [1.82, 2.24) is 0 Å². The van der Waals surface area contributed by atoms with E-state index in [-0.39, 0.29) is 12.8 Å². The Kier molecular flexibility index (Phi) is 2.73. The minimum Gasteiger partial charge on any atom is -0.230 e. The zero-order valence-corrected chi connectivity index (χ0v) is 7.86. The van der Waals surface area contributed by atoms with Gasteiger partial charge < -0.3 is 0 Å². The van der Waals surface area contributed by atoms with E-state index in [0.29, 0.717) is 12.8 Å². The molecule has 1 aliphatic rings. The van der Waals surface area contributed by atoms with E-state index < -0.39 is 16.0 Å². The van der Waals surface area contributed by atoms with Gasteiger partial charge in [0.25, 0.3) is 10.1 Å². The highest BCUT2D eigenvalue weighted by atomic mass is 32.2. The van der Waals surface area contributed by atoms with E-state index in [9.17, 15) is 12.8 Å². The number of alkyl halides is 1. The Labute approximate surface area is 72.0 Å². The molecule has 1 fully saturated rings. The molecule has 72 valence electrons. The molecule has 12 heavy (non-hydrogen) atoms. The van der Waals surface area contributed by atoms with Gasteiger partial charge in [0, 0.05) is 12.8 Å². The fraction of sp³-hybridized carbons (Fsp3) is 1.00. The number of hydrogen-bond donors (Lipinski definition) is 0. The highest BCUT2D eigenvalue weighted by molar-refractivity contribution is 7.86. The number of rotatable bonds is 2. The molecule has 0 spiro atoms. The Hall–Kier alpha value is -0.160. The molecule has 0 bridgehead atoms. The van der Waals surface area contributed by atoms with Gasteiger partial charge in [0.15, 0.2) is 0 Å². The highest BCUT2D eigenvalue weighted by Gasteiger charge is 2.36. The van der Waals surface area contributed by atoms with Crippen molar-refractivity contribution in [2.75, 3.05) is 6.26 Å². The summed E-state index contributed by atoms with van der Waals surface area (Å²) in [6.07, 6.45) is 3.62. The van der Waals surface area contributed by atoms with Gasteiger partial charge in [0.1, 0.15) is 0 Å². The lowest BCUT2D eigenvalue weighted by atomic mass is 9.96. The first kappa shape index (κ1) is 9.92. The van der Waals surface area contributed by atoms with Crippen LogP contribution < -0.4 is 0 Å². The van der Waals surface area contributed by atoms with Crippen LogP contribution >= 0.6 is 0 Å². The normalized spacial score (nSPS) is 23.8. The van der Waals surface area contributed by atoms with Crippen LogP contribution in [0.25, 0.3) is 0 Å². The lowest BCUT2D eigenvalue weighted by molar-refractivity contribution is -0.0839. The first-order valence-corrected chi connectivity index (χ1v) is 5.82. The molecule has 0 aliphatic heterocycles. The molecule has 0 aromatic rings. The van der Waals surface area contributed by atoms with Gasteiger partial charge in [-0.2, -0.15) is 8.42 Å². The standard InChI is InChI=1S/C7H13FO3S/c1-12(9,10)11-7(8)5-3-2-4-6-7/h2-6H2,1H3. The van der Waals surface area contributed by atoms with Crippen LogP contribution in [-0.4, -0.2) is 20.5 Å². The molecule has 0 heterocycles. The molecule has 0 unspecified atom stereocenters. The van der Waals surface area contributed by atoms with Crippen LogP contribution in [0.4, 0.5) is 4.39 Å². The van der Waals surface area contributed by atoms with Crippen LogP contribution in [-0.2, 0) is 14.3 Å². The average Bonchev–Trinajstić information content (AvgIpc) is 1.83. The molecule has 1 rings (SSSR count). The largest absolute Gasteiger partial charge is 0.267 e. The summed E-state index contributed by atoms with van der Waals surface area (Å²) < 4.78 is 39.1. The van der Waals surface area contributed by atoms with E-state index in [2.05, 4.69) is 4.18 Å². The van der Waals surface area contributed by atoms with Gasteiger partial charge >= 0.3 is 0 Å².